The molecule has 1 amide bonds. The fourth-order valence-corrected chi connectivity index (χ4v) is 3.38. The highest BCUT2D eigenvalue weighted by Crippen LogP contribution is 2.28. The van der Waals surface area contributed by atoms with Crippen molar-refractivity contribution in [2.75, 3.05) is 23.9 Å². The second-order valence-corrected chi connectivity index (χ2v) is 6.67. The Morgan fingerprint density at radius 1 is 1.07 bits per heavy atom. The number of nitrogens with one attached hydrogen (secondary N) is 1. The molecule has 1 aliphatic rings. The molecule has 0 radical (unpaired) electrons. The topological polar surface area (TPSA) is 84.4 Å². The van der Waals surface area contributed by atoms with E-state index in [4.69, 9.17) is 4.74 Å². The van der Waals surface area contributed by atoms with Gasteiger partial charge in [-0.05, 0) is 48.7 Å². The predicted molar refractivity (Wildman–Crippen MR) is 110 cm³/mol. The van der Waals surface area contributed by atoms with Crippen LogP contribution in [0.4, 0.5) is 17.2 Å². The molecule has 1 N–H and O–H groups in total. The van der Waals surface area contributed by atoms with Crippen LogP contribution in [0, 0.1) is 0 Å². The van der Waals surface area contributed by atoms with Gasteiger partial charge in [0.2, 0.25) is 0 Å². The van der Waals surface area contributed by atoms with Gasteiger partial charge in [-0.1, -0.05) is 18.2 Å². The normalized spacial score (nSPS) is 12.8. The first kappa shape index (κ1) is 18.6. The van der Waals surface area contributed by atoms with Crippen molar-refractivity contribution in [3.8, 4) is 0 Å². The summed E-state index contributed by atoms with van der Waals surface area (Å²) >= 11 is 0. The Kier molecular flexibility index (Phi) is 5.20. The highest BCUT2D eigenvalue weighted by molar-refractivity contribution is 6.05. The van der Waals surface area contributed by atoms with E-state index in [0.717, 1.165) is 24.2 Å². The van der Waals surface area contributed by atoms with E-state index in [1.54, 1.807) is 35.2 Å². The molecule has 0 fully saturated rings. The number of carbonyl (C=O) groups is 2. The Labute approximate surface area is 168 Å². The van der Waals surface area contributed by atoms with E-state index in [0.29, 0.717) is 23.6 Å². The lowest BCUT2D eigenvalue weighted by atomic mass is 10.0. The number of amides is 1. The van der Waals surface area contributed by atoms with Crippen LogP contribution in [0.15, 0.2) is 60.9 Å². The Hall–Kier alpha value is -3.74. The average Bonchev–Trinajstić information content (AvgIpc) is 2.78. The minimum Gasteiger partial charge on any atom is -0.465 e. The molecule has 1 aromatic heterocycles. The summed E-state index contributed by atoms with van der Waals surface area (Å²) < 4.78 is 4.70. The number of aryl methyl sites for hydroxylation is 1. The van der Waals surface area contributed by atoms with Gasteiger partial charge in [0.25, 0.3) is 5.91 Å². The molecule has 2 aromatic carbocycles. The maximum Gasteiger partial charge on any atom is 0.337 e. The first-order chi connectivity index (χ1) is 14.2. The number of rotatable bonds is 4. The zero-order chi connectivity index (χ0) is 20.2. The molecule has 2 heterocycles. The largest absolute Gasteiger partial charge is 0.465 e. The number of hydrogen-bond donors (Lipinski definition) is 1. The molecule has 7 nitrogen and oxygen atoms in total. The van der Waals surface area contributed by atoms with Crippen molar-refractivity contribution in [1.29, 1.82) is 0 Å². The SMILES string of the molecule is COC(=O)c1ccc(Nc2cc(C(=O)N3CCCc4ccccc43)ncn2)cc1. The number of nitrogens with zero attached hydrogens (tertiary/aromatic N) is 3. The van der Waals surface area contributed by atoms with Crippen molar-refractivity contribution in [3.63, 3.8) is 0 Å². The number of anilines is 3. The molecule has 1 aliphatic heterocycles. The van der Waals surface area contributed by atoms with Gasteiger partial charge in [0, 0.05) is 24.0 Å². The van der Waals surface area contributed by atoms with Crippen LogP contribution < -0.4 is 10.2 Å². The molecule has 0 spiro atoms. The Morgan fingerprint density at radius 2 is 1.86 bits per heavy atom. The molecule has 7 heteroatoms. The van der Waals surface area contributed by atoms with Crippen LogP contribution >= 0.6 is 0 Å². The number of methoxy groups -OCH3 is 1. The lowest BCUT2D eigenvalue weighted by Crippen LogP contribution is -2.36. The molecular weight excluding hydrogens is 368 g/mol. The zero-order valence-electron chi connectivity index (χ0n) is 16.0. The molecule has 0 aliphatic carbocycles. The highest BCUT2D eigenvalue weighted by atomic mass is 16.5. The van der Waals surface area contributed by atoms with Gasteiger partial charge in [0.05, 0.1) is 12.7 Å². The molecule has 29 heavy (non-hydrogen) atoms. The van der Waals surface area contributed by atoms with Crippen LogP contribution in [0.25, 0.3) is 0 Å². The van der Waals surface area contributed by atoms with Crippen molar-refractivity contribution in [2.45, 2.75) is 12.8 Å². The second kappa shape index (κ2) is 8.10. The van der Waals surface area contributed by atoms with Gasteiger partial charge in [-0.25, -0.2) is 14.8 Å². The fraction of sp³-hybridized carbons (Fsp3) is 0.182. The van der Waals surface area contributed by atoms with Crippen molar-refractivity contribution in [2.24, 2.45) is 0 Å². The van der Waals surface area contributed by atoms with E-state index in [2.05, 4.69) is 21.4 Å². The monoisotopic (exact) mass is 388 g/mol. The van der Waals surface area contributed by atoms with Crippen LogP contribution in [0.5, 0.6) is 0 Å². The lowest BCUT2D eigenvalue weighted by Gasteiger charge is -2.29. The average molecular weight is 388 g/mol. The summed E-state index contributed by atoms with van der Waals surface area (Å²) in [5, 5.41) is 3.13. The van der Waals surface area contributed by atoms with Crippen LogP contribution in [0.1, 0.15) is 32.8 Å². The van der Waals surface area contributed by atoms with E-state index in [1.807, 2.05) is 18.2 Å². The first-order valence-electron chi connectivity index (χ1n) is 9.33. The minimum absolute atomic E-state index is 0.149. The van der Waals surface area contributed by atoms with Crippen molar-refractivity contribution >= 4 is 29.1 Å². The molecular formula is C22H20N4O3. The number of hydrogen-bond acceptors (Lipinski definition) is 6. The van der Waals surface area contributed by atoms with Gasteiger partial charge < -0.3 is 15.0 Å². The Balaban J connectivity index is 1.53. The summed E-state index contributed by atoms with van der Waals surface area (Å²) in [5.41, 5.74) is 3.63. The van der Waals surface area contributed by atoms with Crippen LogP contribution in [0.3, 0.4) is 0 Å². The fourth-order valence-electron chi connectivity index (χ4n) is 3.38. The Morgan fingerprint density at radius 3 is 2.66 bits per heavy atom. The Bertz CT molecular complexity index is 1050. The number of aromatic nitrogens is 2. The molecule has 4 rings (SSSR count). The molecule has 146 valence electrons. The van der Waals surface area contributed by atoms with E-state index >= 15 is 0 Å². The molecule has 0 atom stereocenters. The van der Waals surface area contributed by atoms with Gasteiger partial charge in [-0.2, -0.15) is 0 Å². The third-order valence-electron chi connectivity index (χ3n) is 4.82. The summed E-state index contributed by atoms with van der Waals surface area (Å²) in [4.78, 5) is 34.8. The summed E-state index contributed by atoms with van der Waals surface area (Å²) in [7, 11) is 1.34. The molecule has 0 saturated carbocycles. The molecule has 0 saturated heterocycles. The quantitative estimate of drug-likeness (QED) is 0.688. The van der Waals surface area contributed by atoms with Crippen LogP contribution in [0.2, 0.25) is 0 Å². The number of benzene rings is 2. The van der Waals surface area contributed by atoms with Crippen LogP contribution in [-0.4, -0.2) is 35.5 Å². The number of carbonyl (C=O) groups excluding carboxylic acids is 2. The van der Waals surface area contributed by atoms with Gasteiger partial charge in [-0.15, -0.1) is 0 Å². The number of para-hydroxylation sites is 1. The molecule has 0 bridgehead atoms. The lowest BCUT2D eigenvalue weighted by molar-refractivity contribution is 0.0600. The zero-order valence-corrected chi connectivity index (χ0v) is 16.0. The van der Waals surface area contributed by atoms with Crippen molar-refractivity contribution in [3.05, 3.63) is 77.7 Å². The number of esters is 1. The maximum atomic E-state index is 13.1. The van der Waals surface area contributed by atoms with Crippen molar-refractivity contribution < 1.29 is 14.3 Å². The van der Waals surface area contributed by atoms with Gasteiger partial charge >= 0.3 is 5.97 Å². The van der Waals surface area contributed by atoms with E-state index < -0.39 is 5.97 Å². The second-order valence-electron chi connectivity index (χ2n) is 6.67. The highest BCUT2D eigenvalue weighted by Gasteiger charge is 2.24. The summed E-state index contributed by atoms with van der Waals surface area (Å²) in [6, 6.07) is 16.4. The number of fused-ring (bicyclic) bond motifs is 1. The van der Waals surface area contributed by atoms with E-state index in [1.165, 1.54) is 19.0 Å². The third-order valence-corrected chi connectivity index (χ3v) is 4.82. The smallest absolute Gasteiger partial charge is 0.337 e. The predicted octanol–water partition coefficient (Wildman–Crippen LogP) is 3.60. The summed E-state index contributed by atoms with van der Waals surface area (Å²) in [6.07, 6.45) is 3.26. The summed E-state index contributed by atoms with van der Waals surface area (Å²) in [5.74, 6) is -0.0450. The maximum absolute atomic E-state index is 13.1. The van der Waals surface area contributed by atoms with E-state index in [9.17, 15) is 9.59 Å². The van der Waals surface area contributed by atoms with Gasteiger partial charge in [-0.3, -0.25) is 4.79 Å². The third kappa shape index (κ3) is 3.94. The van der Waals surface area contributed by atoms with Gasteiger partial charge in [0.1, 0.15) is 17.8 Å². The molecule has 3 aromatic rings. The number of ether oxygens (including phenoxy) is 1. The standard InChI is InChI=1S/C22H20N4O3/c1-29-22(28)16-8-10-17(11-9-16)25-20-13-18(23-14-24-20)21(27)26-12-4-6-15-5-2-3-7-19(15)26/h2-3,5,7-11,13-14H,4,6,12H2,1H3,(H,23,24,25). The first-order valence-corrected chi connectivity index (χ1v) is 9.33. The molecule has 0 unspecified atom stereocenters. The minimum atomic E-state index is -0.395. The van der Waals surface area contributed by atoms with Crippen molar-refractivity contribution in [1.82, 2.24) is 9.97 Å². The summed E-state index contributed by atoms with van der Waals surface area (Å²) in [6.45, 7) is 0.664. The van der Waals surface area contributed by atoms with Gasteiger partial charge in [0.15, 0.2) is 0 Å². The van der Waals surface area contributed by atoms with Crippen LogP contribution in [-0.2, 0) is 11.2 Å². The van der Waals surface area contributed by atoms with E-state index in [-0.39, 0.29) is 5.91 Å².